The molecule has 0 unspecified atom stereocenters. The maximum atomic E-state index is 13.1. The van der Waals surface area contributed by atoms with Gasteiger partial charge in [-0.1, -0.05) is 24.3 Å². The van der Waals surface area contributed by atoms with Crippen molar-refractivity contribution in [2.75, 3.05) is 6.61 Å². The molecule has 0 saturated heterocycles. The third-order valence-corrected chi connectivity index (χ3v) is 4.46. The number of carboxylic acids is 1. The predicted octanol–water partition coefficient (Wildman–Crippen LogP) is 7.31. The lowest BCUT2D eigenvalue weighted by molar-refractivity contribution is -0.138. The number of halogens is 6. The van der Waals surface area contributed by atoms with E-state index >= 15 is 0 Å². The fraction of sp³-hybridized carbons (Fsp3) is 0.125. The van der Waals surface area contributed by atoms with Gasteiger partial charge in [-0.25, -0.2) is 4.79 Å². The van der Waals surface area contributed by atoms with Crippen molar-refractivity contribution in [1.82, 2.24) is 0 Å². The Morgan fingerprint density at radius 1 is 0.824 bits per heavy atom. The first kappa shape index (κ1) is 24.7. The van der Waals surface area contributed by atoms with Crippen molar-refractivity contribution in [1.29, 1.82) is 0 Å². The molecule has 3 rings (SSSR count). The summed E-state index contributed by atoms with van der Waals surface area (Å²) in [6.07, 6.45) is -6.24. The van der Waals surface area contributed by atoms with Crippen molar-refractivity contribution in [2.24, 2.45) is 0 Å². The number of carboxylic acid groups (broad SMARTS) is 1. The minimum Gasteiger partial charge on any atom is -0.486 e. The zero-order valence-electron chi connectivity index (χ0n) is 17.2. The summed E-state index contributed by atoms with van der Waals surface area (Å²) in [6, 6.07) is 12.2. The van der Waals surface area contributed by atoms with Gasteiger partial charge >= 0.3 is 18.3 Å². The van der Waals surface area contributed by atoms with Gasteiger partial charge in [-0.05, 0) is 60.2 Å². The second-order valence-electron chi connectivity index (χ2n) is 6.93. The predicted molar refractivity (Wildman–Crippen MR) is 111 cm³/mol. The Kier molecular flexibility index (Phi) is 7.19. The molecule has 1 N–H and O–H groups in total. The first-order valence-corrected chi connectivity index (χ1v) is 9.62. The van der Waals surface area contributed by atoms with Crippen molar-refractivity contribution in [3.8, 4) is 17.2 Å². The van der Waals surface area contributed by atoms with Crippen molar-refractivity contribution in [2.45, 2.75) is 12.4 Å². The van der Waals surface area contributed by atoms with E-state index in [9.17, 15) is 31.1 Å². The van der Waals surface area contributed by atoms with Crippen LogP contribution in [0.1, 0.15) is 27.0 Å². The molecule has 10 heteroatoms. The molecular formula is C24H16F6O4. The molecule has 178 valence electrons. The summed E-state index contributed by atoms with van der Waals surface area (Å²) < 4.78 is 88.3. The van der Waals surface area contributed by atoms with E-state index in [1.165, 1.54) is 48.6 Å². The van der Waals surface area contributed by atoms with E-state index in [-0.39, 0.29) is 29.4 Å². The second-order valence-corrected chi connectivity index (χ2v) is 6.93. The third kappa shape index (κ3) is 6.53. The summed E-state index contributed by atoms with van der Waals surface area (Å²) >= 11 is 0. The fourth-order valence-electron chi connectivity index (χ4n) is 2.81. The Morgan fingerprint density at radius 3 is 2.09 bits per heavy atom. The summed E-state index contributed by atoms with van der Waals surface area (Å²) in [4.78, 5) is 11.1. The van der Waals surface area contributed by atoms with Crippen LogP contribution in [0.3, 0.4) is 0 Å². The fourth-order valence-corrected chi connectivity index (χ4v) is 2.81. The van der Waals surface area contributed by atoms with Crippen LogP contribution in [0.5, 0.6) is 17.2 Å². The molecule has 3 aromatic carbocycles. The summed E-state index contributed by atoms with van der Waals surface area (Å²) in [5, 5.41) is 9.08. The molecule has 0 spiro atoms. The van der Waals surface area contributed by atoms with E-state index in [1.54, 1.807) is 0 Å². The second kappa shape index (κ2) is 9.90. The lowest BCUT2D eigenvalue weighted by Crippen LogP contribution is -2.06. The Bertz CT molecular complexity index is 1180. The first-order chi connectivity index (χ1) is 15.9. The van der Waals surface area contributed by atoms with Crippen LogP contribution in [0.25, 0.3) is 6.08 Å². The lowest BCUT2D eigenvalue weighted by Gasteiger charge is -2.15. The molecule has 0 aromatic heterocycles. The Labute approximate surface area is 189 Å². The monoisotopic (exact) mass is 482 g/mol. The molecule has 0 aliphatic heterocycles. The van der Waals surface area contributed by atoms with Gasteiger partial charge in [0.15, 0.2) is 11.5 Å². The SMILES string of the molecule is O=C(O)c1cccc(Oc2ccc(C(F)(F)F)cc2OCC=Cc2ccc(C(F)(F)F)cc2)c1. The molecule has 34 heavy (non-hydrogen) atoms. The van der Waals surface area contributed by atoms with Crippen LogP contribution < -0.4 is 9.47 Å². The highest BCUT2D eigenvalue weighted by molar-refractivity contribution is 5.88. The van der Waals surface area contributed by atoms with Crippen LogP contribution in [-0.4, -0.2) is 17.7 Å². The average Bonchev–Trinajstić information content (AvgIpc) is 2.77. The summed E-state index contributed by atoms with van der Waals surface area (Å²) in [7, 11) is 0. The number of alkyl halides is 6. The molecule has 0 aliphatic carbocycles. The smallest absolute Gasteiger partial charge is 0.416 e. The number of aromatic carboxylic acids is 1. The van der Waals surface area contributed by atoms with Crippen molar-refractivity contribution < 1.29 is 45.7 Å². The van der Waals surface area contributed by atoms with Crippen LogP contribution >= 0.6 is 0 Å². The molecule has 4 nitrogen and oxygen atoms in total. The molecule has 3 aromatic rings. The van der Waals surface area contributed by atoms with Crippen molar-refractivity contribution >= 4 is 12.0 Å². The number of benzene rings is 3. The van der Waals surface area contributed by atoms with Crippen LogP contribution in [0.15, 0.2) is 72.8 Å². The quantitative estimate of drug-likeness (QED) is 0.359. The van der Waals surface area contributed by atoms with Crippen molar-refractivity contribution in [3.05, 3.63) is 95.1 Å². The van der Waals surface area contributed by atoms with Crippen molar-refractivity contribution in [3.63, 3.8) is 0 Å². The highest BCUT2D eigenvalue weighted by Crippen LogP contribution is 2.38. The van der Waals surface area contributed by atoms with E-state index < -0.39 is 29.4 Å². The highest BCUT2D eigenvalue weighted by Gasteiger charge is 2.32. The largest absolute Gasteiger partial charge is 0.486 e. The molecule has 0 fully saturated rings. The van der Waals surface area contributed by atoms with Crippen LogP contribution in [-0.2, 0) is 12.4 Å². The Balaban J connectivity index is 1.78. The van der Waals surface area contributed by atoms with E-state index in [0.717, 1.165) is 30.3 Å². The van der Waals surface area contributed by atoms with Gasteiger partial charge in [-0.2, -0.15) is 26.3 Å². The Hall–Kier alpha value is -3.95. The topological polar surface area (TPSA) is 55.8 Å². The van der Waals surface area contributed by atoms with Gasteiger partial charge in [0.1, 0.15) is 12.4 Å². The Morgan fingerprint density at radius 2 is 1.47 bits per heavy atom. The number of hydrogen-bond acceptors (Lipinski definition) is 3. The standard InChI is InChI=1S/C24H16F6O4/c25-23(26,27)17-8-6-15(7-9-17)3-2-12-33-21-14-18(24(28,29)30)10-11-20(21)34-19-5-1-4-16(13-19)22(31)32/h1-11,13-14H,12H2,(H,31,32). The maximum absolute atomic E-state index is 13.1. The molecular weight excluding hydrogens is 466 g/mol. The molecule has 0 heterocycles. The van der Waals surface area contributed by atoms with E-state index in [1.807, 2.05) is 0 Å². The highest BCUT2D eigenvalue weighted by atomic mass is 19.4. The van der Waals surface area contributed by atoms with E-state index in [2.05, 4.69) is 0 Å². The molecule has 0 aliphatic rings. The summed E-state index contributed by atoms with van der Waals surface area (Å²) in [5.74, 6) is -1.47. The molecule has 0 atom stereocenters. The summed E-state index contributed by atoms with van der Waals surface area (Å²) in [6.45, 7) is -0.214. The number of rotatable bonds is 7. The molecule has 0 bridgehead atoms. The van der Waals surface area contributed by atoms with Crippen LogP contribution in [0, 0.1) is 0 Å². The summed E-state index contributed by atoms with van der Waals surface area (Å²) in [5.41, 5.74) is -1.44. The van der Waals surface area contributed by atoms with E-state index in [4.69, 9.17) is 14.6 Å². The minimum absolute atomic E-state index is 0.0739. The van der Waals surface area contributed by atoms with Gasteiger partial charge in [-0.3, -0.25) is 0 Å². The van der Waals surface area contributed by atoms with E-state index in [0.29, 0.717) is 5.56 Å². The molecule has 0 amide bonds. The normalized spacial score (nSPS) is 12.1. The number of ether oxygens (including phenoxy) is 2. The van der Waals surface area contributed by atoms with Crippen LogP contribution in [0.2, 0.25) is 0 Å². The first-order valence-electron chi connectivity index (χ1n) is 9.62. The average molecular weight is 482 g/mol. The van der Waals surface area contributed by atoms with Gasteiger partial charge in [0.2, 0.25) is 0 Å². The van der Waals surface area contributed by atoms with Gasteiger partial charge in [-0.15, -0.1) is 0 Å². The minimum atomic E-state index is -4.64. The number of hydrogen-bond donors (Lipinski definition) is 1. The zero-order chi connectivity index (χ0) is 24.9. The third-order valence-electron chi connectivity index (χ3n) is 4.46. The van der Waals surface area contributed by atoms with Gasteiger partial charge in [0, 0.05) is 0 Å². The number of carbonyl (C=O) groups is 1. The van der Waals surface area contributed by atoms with Gasteiger partial charge in [0.05, 0.1) is 16.7 Å². The molecule has 0 saturated carbocycles. The van der Waals surface area contributed by atoms with Gasteiger partial charge < -0.3 is 14.6 Å². The zero-order valence-corrected chi connectivity index (χ0v) is 17.2. The maximum Gasteiger partial charge on any atom is 0.416 e. The lowest BCUT2D eigenvalue weighted by atomic mass is 10.1. The molecule has 0 radical (unpaired) electrons. The van der Waals surface area contributed by atoms with Crippen LogP contribution in [0.4, 0.5) is 26.3 Å². The van der Waals surface area contributed by atoms with Gasteiger partial charge in [0.25, 0.3) is 0 Å².